The molecule has 5 nitrogen and oxygen atoms in total. The van der Waals surface area contributed by atoms with Crippen LogP contribution in [0.2, 0.25) is 0 Å². The SMILES string of the molecule is C=CC.CNc1c(C)c(C(=N)N)nn1Cc1ccccc1F. The lowest BCUT2D eigenvalue weighted by atomic mass is 10.2. The Balaban J connectivity index is 0.000000745. The van der Waals surface area contributed by atoms with Gasteiger partial charge >= 0.3 is 0 Å². The maximum Gasteiger partial charge on any atom is 0.144 e. The first-order valence-electron chi connectivity index (χ1n) is 6.86. The minimum absolute atomic E-state index is 0.0960. The predicted molar refractivity (Wildman–Crippen MR) is 88.9 cm³/mol. The van der Waals surface area contributed by atoms with Crippen LogP contribution in [0.4, 0.5) is 10.2 Å². The number of halogens is 1. The number of anilines is 1. The Morgan fingerprint density at radius 2 is 2.09 bits per heavy atom. The topological polar surface area (TPSA) is 79.7 Å². The van der Waals surface area contributed by atoms with E-state index in [1.165, 1.54) is 6.07 Å². The van der Waals surface area contributed by atoms with E-state index >= 15 is 0 Å². The fourth-order valence-corrected chi connectivity index (χ4v) is 2.03. The molecular weight excluding hydrogens is 281 g/mol. The Kier molecular flexibility index (Phi) is 6.31. The average molecular weight is 303 g/mol. The van der Waals surface area contributed by atoms with E-state index < -0.39 is 0 Å². The lowest BCUT2D eigenvalue weighted by Crippen LogP contribution is -2.14. The summed E-state index contributed by atoms with van der Waals surface area (Å²) >= 11 is 0. The summed E-state index contributed by atoms with van der Waals surface area (Å²) < 4.78 is 15.3. The van der Waals surface area contributed by atoms with Crippen LogP contribution in [-0.4, -0.2) is 22.7 Å². The van der Waals surface area contributed by atoms with Crippen molar-refractivity contribution in [3.05, 3.63) is 59.6 Å². The van der Waals surface area contributed by atoms with Gasteiger partial charge in [0.25, 0.3) is 0 Å². The molecule has 0 radical (unpaired) electrons. The normalized spacial score (nSPS) is 9.64. The van der Waals surface area contributed by atoms with Gasteiger partial charge in [0.15, 0.2) is 0 Å². The van der Waals surface area contributed by atoms with E-state index in [4.69, 9.17) is 11.1 Å². The Labute approximate surface area is 130 Å². The highest BCUT2D eigenvalue weighted by molar-refractivity contribution is 5.95. The molecule has 0 spiro atoms. The zero-order chi connectivity index (χ0) is 16.7. The summed E-state index contributed by atoms with van der Waals surface area (Å²) in [7, 11) is 1.76. The van der Waals surface area contributed by atoms with E-state index in [1.54, 1.807) is 36.0 Å². The molecule has 0 bridgehead atoms. The second-order valence-corrected chi connectivity index (χ2v) is 4.64. The quantitative estimate of drug-likeness (QED) is 0.461. The third-order valence-corrected chi connectivity index (χ3v) is 2.96. The van der Waals surface area contributed by atoms with Gasteiger partial charge in [-0.3, -0.25) is 5.41 Å². The number of aromatic nitrogens is 2. The number of hydrogen-bond donors (Lipinski definition) is 3. The van der Waals surface area contributed by atoms with Gasteiger partial charge in [-0.2, -0.15) is 5.10 Å². The molecule has 6 heteroatoms. The van der Waals surface area contributed by atoms with Crippen LogP contribution in [0.15, 0.2) is 36.9 Å². The molecule has 0 saturated heterocycles. The van der Waals surface area contributed by atoms with Crippen molar-refractivity contribution in [3.63, 3.8) is 0 Å². The van der Waals surface area contributed by atoms with Crippen LogP contribution in [0.3, 0.4) is 0 Å². The number of benzene rings is 1. The molecule has 1 heterocycles. The Hall–Kier alpha value is -2.63. The Morgan fingerprint density at radius 3 is 2.59 bits per heavy atom. The van der Waals surface area contributed by atoms with E-state index in [1.807, 2.05) is 13.8 Å². The molecule has 0 unspecified atom stereocenters. The van der Waals surface area contributed by atoms with Gasteiger partial charge in [-0.05, 0) is 19.9 Å². The predicted octanol–water partition coefficient (Wildman–Crippen LogP) is 2.90. The van der Waals surface area contributed by atoms with Gasteiger partial charge < -0.3 is 11.1 Å². The number of allylic oxidation sites excluding steroid dienone is 1. The summed E-state index contributed by atoms with van der Waals surface area (Å²) in [4.78, 5) is 0. The number of rotatable bonds is 4. The third kappa shape index (κ3) is 3.94. The monoisotopic (exact) mass is 303 g/mol. The molecule has 0 aliphatic rings. The fraction of sp³-hybridized carbons (Fsp3) is 0.250. The number of nitrogen functional groups attached to an aromatic ring is 1. The fourth-order valence-electron chi connectivity index (χ4n) is 2.03. The standard InChI is InChI=1S/C13H16FN5.C3H6/c1-8-11(12(15)16)18-19(13(8)17-2)7-9-5-3-4-6-10(9)14;1-3-2/h3-6,17H,7H2,1-2H3,(H3,15,16);3H,1H2,2H3. The number of amidine groups is 1. The lowest BCUT2D eigenvalue weighted by Gasteiger charge is -2.08. The highest BCUT2D eigenvalue weighted by Crippen LogP contribution is 2.20. The van der Waals surface area contributed by atoms with Gasteiger partial charge in [0.2, 0.25) is 0 Å². The van der Waals surface area contributed by atoms with E-state index in [0.29, 0.717) is 11.3 Å². The summed E-state index contributed by atoms with van der Waals surface area (Å²) in [5, 5.41) is 14.7. The highest BCUT2D eigenvalue weighted by Gasteiger charge is 2.16. The van der Waals surface area contributed by atoms with E-state index in [-0.39, 0.29) is 18.2 Å². The largest absolute Gasteiger partial charge is 0.382 e. The molecule has 118 valence electrons. The number of nitrogens with one attached hydrogen (secondary N) is 2. The second-order valence-electron chi connectivity index (χ2n) is 4.64. The molecule has 1 aromatic heterocycles. The Bertz CT molecular complexity index is 661. The summed E-state index contributed by atoms with van der Waals surface area (Å²) in [6, 6.07) is 6.54. The molecule has 4 N–H and O–H groups in total. The van der Waals surface area contributed by atoms with Crippen molar-refractivity contribution in [2.24, 2.45) is 5.73 Å². The minimum Gasteiger partial charge on any atom is -0.382 e. The molecule has 0 saturated carbocycles. The maximum atomic E-state index is 13.6. The zero-order valence-corrected chi connectivity index (χ0v) is 13.2. The van der Waals surface area contributed by atoms with Gasteiger partial charge in [-0.15, -0.1) is 6.58 Å². The minimum atomic E-state index is -0.276. The lowest BCUT2D eigenvalue weighted by molar-refractivity contribution is 0.586. The first-order valence-corrected chi connectivity index (χ1v) is 6.86. The summed E-state index contributed by atoms with van der Waals surface area (Å²) in [6.07, 6.45) is 1.75. The van der Waals surface area contributed by atoms with Crippen LogP contribution in [0.25, 0.3) is 0 Å². The molecule has 0 amide bonds. The van der Waals surface area contributed by atoms with E-state index in [9.17, 15) is 4.39 Å². The van der Waals surface area contributed by atoms with Gasteiger partial charge in [0, 0.05) is 18.2 Å². The van der Waals surface area contributed by atoms with Crippen molar-refractivity contribution in [2.75, 3.05) is 12.4 Å². The molecule has 0 fully saturated rings. The molecule has 0 atom stereocenters. The van der Waals surface area contributed by atoms with Crippen LogP contribution in [0, 0.1) is 18.2 Å². The van der Waals surface area contributed by atoms with Gasteiger partial charge in [0.1, 0.15) is 23.2 Å². The van der Waals surface area contributed by atoms with Gasteiger partial charge in [0.05, 0.1) is 6.54 Å². The van der Waals surface area contributed by atoms with Crippen molar-refractivity contribution in [3.8, 4) is 0 Å². The molecule has 0 aliphatic heterocycles. The Morgan fingerprint density at radius 1 is 1.50 bits per heavy atom. The smallest absolute Gasteiger partial charge is 0.144 e. The van der Waals surface area contributed by atoms with E-state index in [0.717, 1.165) is 11.4 Å². The van der Waals surface area contributed by atoms with Gasteiger partial charge in [-0.1, -0.05) is 24.3 Å². The third-order valence-electron chi connectivity index (χ3n) is 2.96. The first kappa shape index (κ1) is 17.4. The molecule has 2 rings (SSSR count). The number of nitrogens with two attached hydrogens (primary N) is 1. The molecular formula is C16H22FN5. The van der Waals surface area contributed by atoms with Crippen molar-refractivity contribution in [1.82, 2.24) is 9.78 Å². The number of nitrogens with zero attached hydrogens (tertiary/aromatic N) is 2. The number of hydrogen-bond acceptors (Lipinski definition) is 3. The van der Waals surface area contributed by atoms with Gasteiger partial charge in [-0.25, -0.2) is 9.07 Å². The first-order chi connectivity index (χ1) is 10.5. The van der Waals surface area contributed by atoms with Crippen molar-refractivity contribution in [1.29, 1.82) is 5.41 Å². The second kappa shape index (κ2) is 7.97. The summed E-state index contributed by atoms with van der Waals surface area (Å²) in [5.74, 6) is 0.358. The maximum absolute atomic E-state index is 13.6. The van der Waals surface area contributed by atoms with Crippen molar-refractivity contribution < 1.29 is 4.39 Å². The van der Waals surface area contributed by atoms with Crippen LogP contribution < -0.4 is 11.1 Å². The molecule has 22 heavy (non-hydrogen) atoms. The summed E-state index contributed by atoms with van der Waals surface area (Å²) in [5.41, 5.74) is 7.22. The zero-order valence-electron chi connectivity index (χ0n) is 13.2. The van der Waals surface area contributed by atoms with Crippen LogP contribution in [0.5, 0.6) is 0 Å². The van der Waals surface area contributed by atoms with Crippen molar-refractivity contribution >= 4 is 11.7 Å². The van der Waals surface area contributed by atoms with Crippen LogP contribution in [-0.2, 0) is 6.54 Å². The highest BCUT2D eigenvalue weighted by atomic mass is 19.1. The van der Waals surface area contributed by atoms with Crippen molar-refractivity contribution in [2.45, 2.75) is 20.4 Å². The van der Waals surface area contributed by atoms with Crippen LogP contribution in [0.1, 0.15) is 23.7 Å². The molecule has 1 aromatic carbocycles. The summed E-state index contributed by atoms with van der Waals surface area (Å²) in [6.45, 7) is 7.37. The average Bonchev–Trinajstić information content (AvgIpc) is 2.78. The molecule has 2 aromatic rings. The molecule has 0 aliphatic carbocycles. The van der Waals surface area contributed by atoms with E-state index in [2.05, 4.69) is 17.0 Å². The van der Waals surface area contributed by atoms with Crippen LogP contribution >= 0.6 is 0 Å².